The fraction of sp³-hybridized carbons (Fsp3) is 0.333. The number of hydrogen-bond acceptors (Lipinski definition) is 4. The first-order valence-electron chi connectivity index (χ1n) is 8.31. The van der Waals surface area contributed by atoms with Gasteiger partial charge in [-0.1, -0.05) is 0 Å². The Kier molecular flexibility index (Phi) is 5.73. The molecule has 1 saturated heterocycles. The molecule has 0 saturated carbocycles. The average molecular weight is 382 g/mol. The van der Waals surface area contributed by atoms with E-state index in [4.69, 9.17) is 4.74 Å². The SMILES string of the molecule is O=S(=O)(CCOc1ccc(F)cc1)N1CCN(c2ccc(F)cc2)CC1. The molecule has 8 heteroatoms. The number of benzene rings is 2. The summed E-state index contributed by atoms with van der Waals surface area (Å²) in [6.07, 6.45) is 0. The Bertz CT molecular complexity index is 819. The van der Waals surface area contributed by atoms with Crippen LogP contribution in [0.2, 0.25) is 0 Å². The number of anilines is 1. The van der Waals surface area contributed by atoms with Crippen LogP contribution in [0, 0.1) is 11.6 Å². The Labute approximate surface area is 151 Å². The molecule has 26 heavy (non-hydrogen) atoms. The molecule has 5 nitrogen and oxygen atoms in total. The van der Waals surface area contributed by atoms with Gasteiger partial charge in [-0.2, -0.15) is 4.31 Å². The summed E-state index contributed by atoms with van der Waals surface area (Å²) < 4.78 is 57.5. The highest BCUT2D eigenvalue weighted by Crippen LogP contribution is 2.18. The van der Waals surface area contributed by atoms with E-state index in [1.165, 1.54) is 40.7 Å². The Hall–Kier alpha value is -2.19. The van der Waals surface area contributed by atoms with Gasteiger partial charge in [0.05, 0.1) is 5.75 Å². The zero-order valence-electron chi connectivity index (χ0n) is 14.1. The van der Waals surface area contributed by atoms with E-state index in [0.717, 1.165) is 5.69 Å². The van der Waals surface area contributed by atoms with Gasteiger partial charge in [0.2, 0.25) is 10.0 Å². The third kappa shape index (κ3) is 4.70. The molecule has 0 atom stereocenters. The maximum atomic E-state index is 13.0. The summed E-state index contributed by atoms with van der Waals surface area (Å²) in [5.74, 6) is -0.371. The van der Waals surface area contributed by atoms with E-state index in [2.05, 4.69) is 0 Å². The number of piperazine rings is 1. The molecule has 3 rings (SSSR count). The first-order chi connectivity index (χ1) is 12.4. The quantitative estimate of drug-likeness (QED) is 0.770. The first-order valence-corrected chi connectivity index (χ1v) is 9.92. The molecule has 0 aliphatic carbocycles. The van der Waals surface area contributed by atoms with E-state index in [0.29, 0.717) is 31.9 Å². The van der Waals surface area contributed by atoms with Crippen molar-refractivity contribution in [2.45, 2.75) is 0 Å². The predicted molar refractivity (Wildman–Crippen MR) is 95.9 cm³/mol. The molecule has 0 radical (unpaired) electrons. The number of rotatable bonds is 6. The largest absolute Gasteiger partial charge is 0.492 e. The molecule has 0 aromatic heterocycles. The molecule has 0 amide bonds. The Morgan fingerprint density at radius 3 is 1.96 bits per heavy atom. The smallest absolute Gasteiger partial charge is 0.217 e. The van der Waals surface area contributed by atoms with Crippen LogP contribution in [0.1, 0.15) is 0 Å². The lowest BCUT2D eigenvalue weighted by Crippen LogP contribution is -2.49. The standard InChI is InChI=1S/C18H20F2N2O3S/c19-15-1-5-17(6-2-15)21-9-11-22(12-10-21)26(23,24)14-13-25-18-7-3-16(20)4-8-18/h1-8H,9-14H2. The molecule has 1 aliphatic heterocycles. The van der Waals surface area contributed by atoms with E-state index >= 15 is 0 Å². The van der Waals surface area contributed by atoms with Gasteiger partial charge in [-0.15, -0.1) is 0 Å². The summed E-state index contributed by atoms with van der Waals surface area (Å²) in [6, 6.07) is 11.6. The fourth-order valence-electron chi connectivity index (χ4n) is 2.80. The minimum atomic E-state index is -3.43. The monoisotopic (exact) mass is 382 g/mol. The van der Waals surface area contributed by atoms with Crippen LogP contribution in [-0.2, 0) is 10.0 Å². The molecule has 1 heterocycles. The molecule has 0 unspecified atom stereocenters. The Morgan fingerprint density at radius 2 is 1.38 bits per heavy atom. The van der Waals surface area contributed by atoms with Gasteiger partial charge in [0, 0.05) is 31.9 Å². The van der Waals surface area contributed by atoms with Crippen molar-refractivity contribution in [1.82, 2.24) is 4.31 Å². The lowest BCUT2D eigenvalue weighted by atomic mass is 10.2. The Balaban J connectivity index is 1.49. The van der Waals surface area contributed by atoms with Crippen LogP contribution in [0.5, 0.6) is 5.75 Å². The predicted octanol–water partition coefficient (Wildman–Crippen LogP) is 2.50. The summed E-state index contributed by atoms with van der Waals surface area (Å²) in [5, 5.41) is 0. The summed E-state index contributed by atoms with van der Waals surface area (Å²) in [4.78, 5) is 2.03. The minimum absolute atomic E-state index is 0.00609. The van der Waals surface area contributed by atoms with Crippen LogP contribution < -0.4 is 9.64 Å². The molecule has 0 bridgehead atoms. The van der Waals surface area contributed by atoms with Gasteiger partial charge in [0.25, 0.3) is 0 Å². The molecule has 2 aromatic carbocycles. The second-order valence-electron chi connectivity index (χ2n) is 5.98. The molecule has 1 aliphatic rings. The zero-order valence-corrected chi connectivity index (χ0v) is 15.0. The number of nitrogens with zero attached hydrogens (tertiary/aromatic N) is 2. The summed E-state index contributed by atoms with van der Waals surface area (Å²) in [5.41, 5.74) is 0.878. The van der Waals surface area contributed by atoms with Crippen molar-refractivity contribution in [3.05, 3.63) is 60.2 Å². The van der Waals surface area contributed by atoms with Crippen LogP contribution >= 0.6 is 0 Å². The Morgan fingerprint density at radius 1 is 0.846 bits per heavy atom. The first kappa shape index (κ1) is 18.6. The van der Waals surface area contributed by atoms with Crippen molar-refractivity contribution in [1.29, 1.82) is 0 Å². The van der Waals surface area contributed by atoms with Crippen molar-refractivity contribution in [2.75, 3.05) is 43.4 Å². The van der Waals surface area contributed by atoms with Crippen LogP contribution in [0.3, 0.4) is 0 Å². The highest BCUT2D eigenvalue weighted by molar-refractivity contribution is 7.89. The zero-order chi connectivity index (χ0) is 18.6. The topological polar surface area (TPSA) is 49.9 Å². The second kappa shape index (κ2) is 8.01. The highest BCUT2D eigenvalue weighted by atomic mass is 32.2. The highest BCUT2D eigenvalue weighted by Gasteiger charge is 2.27. The van der Waals surface area contributed by atoms with Gasteiger partial charge in [-0.25, -0.2) is 17.2 Å². The molecular weight excluding hydrogens is 362 g/mol. The molecule has 0 spiro atoms. The summed E-state index contributed by atoms with van der Waals surface area (Å²) in [7, 11) is -3.43. The molecule has 0 N–H and O–H groups in total. The molecule has 140 valence electrons. The third-order valence-corrected chi connectivity index (χ3v) is 6.08. The third-order valence-electron chi connectivity index (χ3n) is 4.25. The van der Waals surface area contributed by atoms with Gasteiger partial charge in [0.1, 0.15) is 24.0 Å². The van der Waals surface area contributed by atoms with Crippen LogP contribution in [0.15, 0.2) is 48.5 Å². The summed E-state index contributed by atoms with van der Waals surface area (Å²) >= 11 is 0. The maximum Gasteiger partial charge on any atom is 0.217 e. The number of halogens is 2. The summed E-state index contributed by atoms with van der Waals surface area (Å²) in [6.45, 7) is 1.84. The van der Waals surface area contributed by atoms with Gasteiger partial charge < -0.3 is 9.64 Å². The van der Waals surface area contributed by atoms with Crippen molar-refractivity contribution in [3.8, 4) is 5.75 Å². The van der Waals surface area contributed by atoms with Crippen molar-refractivity contribution in [3.63, 3.8) is 0 Å². The molecule has 2 aromatic rings. The lowest BCUT2D eigenvalue weighted by molar-refractivity contribution is 0.330. The van der Waals surface area contributed by atoms with E-state index in [-0.39, 0.29) is 24.0 Å². The van der Waals surface area contributed by atoms with E-state index in [9.17, 15) is 17.2 Å². The normalized spacial score (nSPS) is 15.8. The van der Waals surface area contributed by atoms with Crippen molar-refractivity contribution in [2.24, 2.45) is 0 Å². The van der Waals surface area contributed by atoms with Crippen LogP contribution in [0.4, 0.5) is 14.5 Å². The maximum absolute atomic E-state index is 13.0. The van der Waals surface area contributed by atoms with Gasteiger partial charge in [-0.3, -0.25) is 0 Å². The number of sulfonamides is 1. The fourth-order valence-corrected chi connectivity index (χ4v) is 4.07. The van der Waals surface area contributed by atoms with Crippen molar-refractivity contribution >= 4 is 15.7 Å². The second-order valence-corrected chi connectivity index (χ2v) is 8.07. The molecular formula is C18H20F2N2O3S. The average Bonchev–Trinajstić information content (AvgIpc) is 2.64. The van der Waals surface area contributed by atoms with Crippen molar-refractivity contribution < 1.29 is 21.9 Å². The van der Waals surface area contributed by atoms with Gasteiger partial charge in [0.15, 0.2) is 0 Å². The minimum Gasteiger partial charge on any atom is -0.492 e. The van der Waals surface area contributed by atoms with E-state index < -0.39 is 10.0 Å². The van der Waals surface area contributed by atoms with Crippen LogP contribution in [0.25, 0.3) is 0 Å². The molecule has 1 fully saturated rings. The lowest BCUT2D eigenvalue weighted by Gasteiger charge is -2.35. The van der Waals surface area contributed by atoms with E-state index in [1.807, 2.05) is 4.90 Å². The number of hydrogen-bond donors (Lipinski definition) is 0. The van der Waals surface area contributed by atoms with Crippen LogP contribution in [-0.4, -0.2) is 51.3 Å². The van der Waals surface area contributed by atoms with Gasteiger partial charge >= 0.3 is 0 Å². The van der Waals surface area contributed by atoms with E-state index in [1.54, 1.807) is 12.1 Å². The number of ether oxygens (including phenoxy) is 1. The van der Waals surface area contributed by atoms with Gasteiger partial charge in [-0.05, 0) is 48.5 Å².